The van der Waals surface area contributed by atoms with E-state index in [1.54, 1.807) is 0 Å². The lowest BCUT2D eigenvalue weighted by Crippen LogP contribution is -2.49. The number of amides is 1. The van der Waals surface area contributed by atoms with Gasteiger partial charge in [-0.3, -0.25) is 4.79 Å². The first-order chi connectivity index (χ1) is 6.27. The SMILES string of the molecule is NC(=O)C1CCCC1NC1CSC1. The van der Waals surface area contributed by atoms with Crippen LogP contribution in [0.25, 0.3) is 0 Å². The van der Waals surface area contributed by atoms with Crippen molar-refractivity contribution in [3.8, 4) is 0 Å². The van der Waals surface area contributed by atoms with Crippen LogP contribution < -0.4 is 11.1 Å². The number of carbonyl (C=O) groups is 1. The Balaban J connectivity index is 1.85. The number of nitrogens with one attached hydrogen (secondary N) is 1. The van der Waals surface area contributed by atoms with Gasteiger partial charge in [0.1, 0.15) is 0 Å². The molecule has 2 rings (SSSR count). The zero-order valence-corrected chi connectivity index (χ0v) is 8.48. The Bertz CT molecular complexity index is 206. The Morgan fingerprint density at radius 1 is 1.38 bits per heavy atom. The molecular weight excluding hydrogens is 184 g/mol. The number of rotatable bonds is 3. The molecule has 0 bridgehead atoms. The molecule has 3 nitrogen and oxygen atoms in total. The molecule has 1 heterocycles. The molecule has 0 aromatic rings. The van der Waals surface area contributed by atoms with Crippen LogP contribution >= 0.6 is 11.8 Å². The Hall–Kier alpha value is -0.220. The summed E-state index contributed by atoms with van der Waals surface area (Å²) in [7, 11) is 0. The largest absolute Gasteiger partial charge is 0.369 e. The van der Waals surface area contributed by atoms with Crippen LogP contribution in [0.5, 0.6) is 0 Å². The maximum atomic E-state index is 11.1. The summed E-state index contributed by atoms with van der Waals surface area (Å²) >= 11 is 1.96. The predicted octanol–water partition coefficient (Wildman–Crippen LogP) is 0.345. The van der Waals surface area contributed by atoms with E-state index in [1.807, 2.05) is 11.8 Å². The number of carbonyl (C=O) groups excluding carboxylic acids is 1. The molecule has 0 radical (unpaired) electrons. The lowest BCUT2D eigenvalue weighted by Gasteiger charge is -2.31. The molecule has 2 unspecified atom stereocenters. The van der Waals surface area contributed by atoms with E-state index in [2.05, 4.69) is 5.32 Å². The smallest absolute Gasteiger partial charge is 0.222 e. The molecule has 4 heteroatoms. The molecule has 2 fully saturated rings. The summed E-state index contributed by atoms with van der Waals surface area (Å²) in [6.07, 6.45) is 3.24. The van der Waals surface area contributed by atoms with Gasteiger partial charge in [-0.05, 0) is 12.8 Å². The molecule has 74 valence electrons. The molecule has 3 N–H and O–H groups in total. The first kappa shape index (κ1) is 9.34. The summed E-state index contributed by atoms with van der Waals surface area (Å²) in [4.78, 5) is 11.1. The monoisotopic (exact) mass is 200 g/mol. The van der Waals surface area contributed by atoms with Crippen LogP contribution in [0.4, 0.5) is 0 Å². The number of primary amides is 1. The molecule has 2 atom stereocenters. The molecule has 1 aliphatic carbocycles. The molecular formula is C9H16N2OS. The summed E-state index contributed by atoms with van der Waals surface area (Å²) in [6, 6.07) is 0.998. The van der Waals surface area contributed by atoms with Gasteiger partial charge in [0.15, 0.2) is 0 Å². The third-order valence-corrected chi connectivity index (χ3v) is 4.25. The van der Waals surface area contributed by atoms with Gasteiger partial charge in [0, 0.05) is 23.6 Å². The quantitative estimate of drug-likeness (QED) is 0.691. The van der Waals surface area contributed by atoms with Gasteiger partial charge in [0.2, 0.25) is 5.91 Å². The summed E-state index contributed by atoms with van der Waals surface area (Å²) in [5.41, 5.74) is 5.34. The third kappa shape index (κ3) is 1.99. The number of hydrogen-bond donors (Lipinski definition) is 2. The average Bonchev–Trinajstić information content (AvgIpc) is 2.44. The van der Waals surface area contributed by atoms with Crippen molar-refractivity contribution < 1.29 is 4.79 Å². The van der Waals surface area contributed by atoms with Crippen LogP contribution in [0.3, 0.4) is 0 Å². The Labute approximate surface area is 82.8 Å². The number of nitrogens with two attached hydrogens (primary N) is 1. The minimum Gasteiger partial charge on any atom is -0.369 e. The molecule has 1 aliphatic heterocycles. The van der Waals surface area contributed by atoms with Gasteiger partial charge in [0.05, 0.1) is 5.92 Å². The van der Waals surface area contributed by atoms with Crippen molar-refractivity contribution in [3.05, 3.63) is 0 Å². The second kappa shape index (κ2) is 3.88. The van der Waals surface area contributed by atoms with Crippen LogP contribution in [0.15, 0.2) is 0 Å². The van der Waals surface area contributed by atoms with Crippen molar-refractivity contribution in [1.82, 2.24) is 5.32 Å². The lowest BCUT2D eigenvalue weighted by molar-refractivity contribution is -0.122. The van der Waals surface area contributed by atoms with Gasteiger partial charge >= 0.3 is 0 Å². The van der Waals surface area contributed by atoms with Gasteiger partial charge < -0.3 is 11.1 Å². The van der Waals surface area contributed by atoms with Gasteiger partial charge in [-0.25, -0.2) is 0 Å². The second-order valence-corrected chi connectivity index (χ2v) is 5.02. The van der Waals surface area contributed by atoms with Crippen molar-refractivity contribution in [1.29, 1.82) is 0 Å². The van der Waals surface area contributed by atoms with Gasteiger partial charge in [-0.15, -0.1) is 0 Å². The molecule has 0 spiro atoms. The van der Waals surface area contributed by atoms with E-state index in [0.29, 0.717) is 12.1 Å². The van der Waals surface area contributed by atoms with E-state index >= 15 is 0 Å². The lowest BCUT2D eigenvalue weighted by atomic mass is 10.0. The summed E-state index contributed by atoms with van der Waals surface area (Å²) < 4.78 is 0. The van der Waals surface area contributed by atoms with Gasteiger partial charge in [0.25, 0.3) is 0 Å². The molecule has 1 saturated carbocycles. The van der Waals surface area contributed by atoms with E-state index in [4.69, 9.17) is 5.73 Å². The maximum absolute atomic E-state index is 11.1. The first-order valence-corrected chi connectivity index (χ1v) is 6.06. The highest BCUT2D eigenvalue weighted by atomic mass is 32.2. The molecule has 1 amide bonds. The van der Waals surface area contributed by atoms with E-state index in [9.17, 15) is 4.79 Å². The highest BCUT2D eigenvalue weighted by Crippen LogP contribution is 2.28. The topological polar surface area (TPSA) is 55.1 Å². The van der Waals surface area contributed by atoms with Crippen LogP contribution in [0.1, 0.15) is 19.3 Å². The minimum atomic E-state index is -0.123. The van der Waals surface area contributed by atoms with Crippen molar-refractivity contribution >= 4 is 17.7 Å². The fourth-order valence-electron chi connectivity index (χ4n) is 2.13. The summed E-state index contributed by atoms with van der Waals surface area (Å²) in [5, 5.41) is 3.53. The highest BCUT2D eigenvalue weighted by molar-refractivity contribution is 8.00. The second-order valence-electron chi connectivity index (χ2n) is 3.95. The predicted molar refractivity (Wildman–Crippen MR) is 54.6 cm³/mol. The van der Waals surface area contributed by atoms with Crippen molar-refractivity contribution in [2.45, 2.75) is 31.3 Å². The van der Waals surface area contributed by atoms with Crippen LogP contribution in [0, 0.1) is 5.92 Å². The zero-order chi connectivity index (χ0) is 9.26. The van der Waals surface area contributed by atoms with Crippen LogP contribution in [0.2, 0.25) is 0 Å². The highest BCUT2D eigenvalue weighted by Gasteiger charge is 2.33. The van der Waals surface area contributed by atoms with Gasteiger partial charge in [-0.2, -0.15) is 11.8 Å². The standard InChI is InChI=1S/C9H16N2OS/c10-9(12)7-2-1-3-8(7)11-6-4-13-5-6/h6-8,11H,1-5H2,(H2,10,12). The summed E-state index contributed by atoms with van der Waals surface area (Å²) in [5.74, 6) is 2.36. The molecule has 2 aliphatic rings. The van der Waals surface area contributed by atoms with E-state index in [-0.39, 0.29) is 11.8 Å². The van der Waals surface area contributed by atoms with E-state index in [1.165, 1.54) is 11.5 Å². The fraction of sp³-hybridized carbons (Fsp3) is 0.889. The Morgan fingerprint density at radius 2 is 2.15 bits per heavy atom. The third-order valence-electron chi connectivity index (χ3n) is 2.97. The minimum absolute atomic E-state index is 0.0885. The maximum Gasteiger partial charge on any atom is 0.222 e. The molecule has 1 saturated heterocycles. The van der Waals surface area contributed by atoms with E-state index in [0.717, 1.165) is 19.3 Å². The van der Waals surface area contributed by atoms with Crippen LogP contribution in [-0.4, -0.2) is 29.5 Å². The van der Waals surface area contributed by atoms with E-state index < -0.39 is 0 Å². The van der Waals surface area contributed by atoms with Crippen LogP contribution in [-0.2, 0) is 4.79 Å². The molecule has 0 aromatic carbocycles. The van der Waals surface area contributed by atoms with Crippen molar-refractivity contribution in [3.63, 3.8) is 0 Å². The van der Waals surface area contributed by atoms with Gasteiger partial charge in [-0.1, -0.05) is 6.42 Å². The number of thioether (sulfide) groups is 1. The normalized spacial score (nSPS) is 34.5. The zero-order valence-electron chi connectivity index (χ0n) is 7.66. The number of hydrogen-bond acceptors (Lipinski definition) is 3. The molecule has 0 aromatic heterocycles. The average molecular weight is 200 g/mol. The first-order valence-electron chi connectivity index (χ1n) is 4.90. The van der Waals surface area contributed by atoms with Crippen molar-refractivity contribution in [2.75, 3.05) is 11.5 Å². The Morgan fingerprint density at radius 3 is 2.69 bits per heavy atom. The van der Waals surface area contributed by atoms with Crippen molar-refractivity contribution in [2.24, 2.45) is 11.7 Å². The fourth-order valence-corrected chi connectivity index (χ4v) is 2.80. The Kier molecular flexibility index (Phi) is 2.79. The summed E-state index contributed by atoms with van der Waals surface area (Å²) in [6.45, 7) is 0. The molecule has 13 heavy (non-hydrogen) atoms.